The normalized spacial score (nSPS) is 17.6. The molecule has 4 heterocycles. The molecule has 2 aliphatic heterocycles. The van der Waals surface area contributed by atoms with Gasteiger partial charge < -0.3 is 25.4 Å². The molecule has 2 aliphatic rings. The third-order valence-electron chi connectivity index (χ3n) is 6.92. The van der Waals surface area contributed by atoms with E-state index in [9.17, 15) is 4.79 Å². The van der Waals surface area contributed by atoms with Crippen molar-refractivity contribution in [1.29, 1.82) is 0 Å². The first-order chi connectivity index (χ1) is 16.1. The van der Waals surface area contributed by atoms with E-state index in [1.54, 1.807) is 6.92 Å². The Labute approximate surface area is 194 Å². The van der Waals surface area contributed by atoms with Gasteiger partial charge in [0, 0.05) is 45.0 Å². The lowest BCUT2D eigenvalue weighted by Gasteiger charge is -2.35. The van der Waals surface area contributed by atoms with Gasteiger partial charge in [0.05, 0.1) is 24.2 Å². The number of amides is 1. The number of hydrogen-bond acceptors (Lipinski definition) is 6. The molecular weight excluding hydrogens is 416 g/mol. The fraction of sp³-hybridized carbons (Fsp3) is 0.458. The summed E-state index contributed by atoms with van der Waals surface area (Å²) in [5.74, 6) is 2.58. The summed E-state index contributed by atoms with van der Waals surface area (Å²) in [6, 6.07) is 10.5. The van der Waals surface area contributed by atoms with Crippen LogP contribution in [0.2, 0.25) is 0 Å². The van der Waals surface area contributed by atoms with Crippen LogP contribution in [-0.4, -0.2) is 66.6 Å². The van der Waals surface area contributed by atoms with Crippen molar-refractivity contribution in [2.75, 3.05) is 60.9 Å². The van der Waals surface area contributed by atoms with Crippen molar-refractivity contribution in [2.24, 2.45) is 11.7 Å². The summed E-state index contributed by atoms with van der Waals surface area (Å²) in [5, 5.41) is 4.54. The number of fused-ring (bicyclic) bond motifs is 1. The Bertz CT molecular complexity index is 1100. The zero-order valence-corrected chi connectivity index (χ0v) is 19.2. The Morgan fingerprint density at radius 1 is 1.09 bits per heavy atom. The van der Waals surface area contributed by atoms with Gasteiger partial charge in [-0.3, -0.25) is 10.1 Å². The molecule has 2 aromatic heterocycles. The minimum absolute atomic E-state index is 0.153. The van der Waals surface area contributed by atoms with E-state index in [0.717, 1.165) is 81.2 Å². The van der Waals surface area contributed by atoms with E-state index in [-0.39, 0.29) is 5.91 Å². The van der Waals surface area contributed by atoms with Gasteiger partial charge in [-0.15, -0.1) is 0 Å². The van der Waals surface area contributed by atoms with Crippen LogP contribution in [-0.2, 0) is 4.79 Å². The minimum atomic E-state index is 0.153. The highest BCUT2D eigenvalue weighted by Crippen LogP contribution is 2.27. The maximum Gasteiger partial charge on any atom is 0.351 e. The number of piperazine rings is 1. The molecule has 0 atom stereocenters. The Morgan fingerprint density at radius 2 is 1.82 bits per heavy atom. The van der Waals surface area contributed by atoms with Gasteiger partial charge in [-0.2, -0.15) is 0 Å². The number of aromatic amines is 2. The molecule has 0 aliphatic carbocycles. The zero-order valence-electron chi connectivity index (χ0n) is 19.2. The van der Waals surface area contributed by atoms with Gasteiger partial charge in [0.25, 0.3) is 0 Å². The number of anilines is 4. The number of piperidine rings is 1. The third-order valence-corrected chi connectivity index (χ3v) is 6.92. The Kier molecular flexibility index (Phi) is 6.04. The van der Waals surface area contributed by atoms with Crippen LogP contribution in [0.3, 0.4) is 0 Å². The summed E-state index contributed by atoms with van der Waals surface area (Å²) >= 11 is 0. The average molecular weight is 450 g/mol. The van der Waals surface area contributed by atoms with Crippen LogP contribution in [0.5, 0.6) is 0 Å². The number of H-pyrrole nitrogens is 2. The second-order valence-corrected chi connectivity index (χ2v) is 9.01. The average Bonchev–Trinajstić information content (AvgIpc) is 3.33. The molecule has 2 fully saturated rings. The van der Waals surface area contributed by atoms with Crippen LogP contribution in [0.15, 0.2) is 36.5 Å². The minimum Gasteiger partial charge on any atom is -0.368 e. The molecule has 0 bridgehead atoms. The molecule has 1 aromatic carbocycles. The van der Waals surface area contributed by atoms with Crippen molar-refractivity contribution in [3.63, 3.8) is 0 Å². The molecule has 0 unspecified atom stereocenters. The standard InChI is InChI=1S/C24H32N8O/c1-17(33)30-12-14-31(15-13-30)20-4-2-19(3-5-20)27-24-28-22-21(6-9-26-22)23(29-24)32-10-7-18(16-25)8-11-32/h2-6,9,18H,7-8,10-16,25H2,1H3,(H2,26,27,28,29)/p+1. The summed E-state index contributed by atoms with van der Waals surface area (Å²) in [5.41, 5.74) is 8.89. The number of hydrogen-bond donors (Lipinski definition) is 3. The molecule has 33 heavy (non-hydrogen) atoms. The number of nitrogens with one attached hydrogen (secondary N) is 3. The van der Waals surface area contributed by atoms with Gasteiger partial charge in [0.1, 0.15) is 0 Å². The highest BCUT2D eigenvalue weighted by molar-refractivity contribution is 5.86. The second-order valence-electron chi connectivity index (χ2n) is 9.01. The van der Waals surface area contributed by atoms with Crippen molar-refractivity contribution in [1.82, 2.24) is 14.9 Å². The molecular formula is C24H33N8O+. The Balaban J connectivity index is 1.30. The number of benzene rings is 1. The Morgan fingerprint density at radius 3 is 2.48 bits per heavy atom. The lowest BCUT2D eigenvalue weighted by Crippen LogP contribution is -2.48. The highest BCUT2D eigenvalue weighted by Gasteiger charge is 2.25. The van der Waals surface area contributed by atoms with E-state index in [2.05, 4.69) is 55.4 Å². The van der Waals surface area contributed by atoms with Crippen molar-refractivity contribution in [2.45, 2.75) is 19.8 Å². The molecule has 5 N–H and O–H groups in total. The van der Waals surface area contributed by atoms with E-state index in [0.29, 0.717) is 11.9 Å². The number of rotatable bonds is 5. The van der Waals surface area contributed by atoms with Crippen LogP contribution in [0.1, 0.15) is 19.8 Å². The van der Waals surface area contributed by atoms with E-state index >= 15 is 0 Å². The fourth-order valence-electron chi connectivity index (χ4n) is 4.84. The fourth-order valence-corrected chi connectivity index (χ4v) is 4.84. The molecule has 0 radical (unpaired) electrons. The van der Waals surface area contributed by atoms with Crippen molar-refractivity contribution in [3.05, 3.63) is 36.5 Å². The van der Waals surface area contributed by atoms with E-state index < -0.39 is 0 Å². The van der Waals surface area contributed by atoms with Crippen LogP contribution in [0.4, 0.5) is 23.1 Å². The molecule has 2 saturated heterocycles. The number of nitrogens with zero attached hydrogens (tertiary/aromatic N) is 4. The molecule has 9 nitrogen and oxygen atoms in total. The van der Waals surface area contributed by atoms with Crippen LogP contribution in [0.25, 0.3) is 11.0 Å². The van der Waals surface area contributed by atoms with Crippen LogP contribution in [0, 0.1) is 5.92 Å². The third kappa shape index (κ3) is 4.59. The number of carbonyl (C=O) groups is 1. The van der Waals surface area contributed by atoms with E-state index in [1.165, 1.54) is 5.69 Å². The van der Waals surface area contributed by atoms with Crippen LogP contribution < -0.4 is 25.8 Å². The maximum absolute atomic E-state index is 11.6. The van der Waals surface area contributed by atoms with Gasteiger partial charge >= 0.3 is 5.95 Å². The second kappa shape index (κ2) is 9.27. The van der Waals surface area contributed by atoms with Gasteiger partial charge in [0.15, 0.2) is 0 Å². The summed E-state index contributed by atoms with van der Waals surface area (Å²) in [6.45, 7) is 7.65. The highest BCUT2D eigenvalue weighted by atomic mass is 16.2. The maximum atomic E-state index is 11.6. The van der Waals surface area contributed by atoms with Crippen molar-refractivity contribution in [3.8, 4) is 0 Å². The van der Waals surface area contributed by atoms with Gasteiger partial charge in [-0.05, 0) is 55.6 Å². The van der Waals surface area contributed by atoms with Gasteiger partial charge in [-0.25, -0.2) is 4.98 Å². The quantitative estimate of drug-likeness (QED) is 0.550. The lowest BCUT2D eigenvalue weighted by molar-refractivity contribution is -0.349. The molecule has 174 valence electrons. The lowest BCUT2D eigenvalue weighted by atomic mass is 9.97. The molecule has 5 rings (SSSR count). The predicted molar refractivity (Wildman–Crippen MR) is 131 cm³/mol. The SMILES string of the molecule is CC(=O)N1CCN(c2ccc(Nc3nc4[nH]ccc4c(N4CCC(CN)CC4)[nH+]3)cc2)CC1. The molecule has 3 aromatic rings. The van der Waals surface area contributed by atoms with Crippen LogP contribution >= 0.6 is 0 Å². The summed E-state index contributed by atoms with van der Waals surface area (Å²) in [7, 11) is 0. The van der Waals surface area contributed by atoms with Crippen molar-refractivity contribution >= 4 is 40.1 Å². The predicted octanol–water partition coefficient (Wildman–Crippen LogP) is 1.96. The summed E-state index contributed by atoms with van der Waals surface area (Å²) in [4.78, 5) is 29.7. The summed E-state index contributed by atoms with van der Waals surface area (Å²) in [6.07, 6.45) is 4.17. The Hall–Kier alpha value is -3.33. The largest absolute Gasteiger partial charge is 0.368 e. The molecule has 0 saturated carbocycles. The smallest absolute Gasteiger partial charge is 0.351 e. The van der Waals surface area contributed by atoms with Gasteiger partial charge in [-0.1, -0.05) is 4.98 Å². The molecule has 9 heteroatoms. The van der Waals surface area contributed by atoms with E-state index in [4.69, 9.17) is 10.7 Å². The molecule has 1 amide bonds. The number of nitrogens with two attached hydrogens (primary N) is 1. The first-order valence-electron chi connectivity index (χ1n) is 11.8. The number of aromatic nitrogens is 3. The topological polar surface area (TPSA) is 108 Å². The van der Waals surface area contributed by atoms with E-state index in [1.807, 2.05) is 11.1 Å². The van der Waals surface area contributed by atoms with Gasteiger partial charge in [0.2, 0.25) is 17.4 Å². The first-order valence-corrected chi connectivity index (χ1v) is 11.8. The molecule has 0 spiro atoms. The number of carbonyl (C=O) groups excluding carboxylic acids is 1. The monoisotopic (exact) mass is 449 g/mol. The van der Waals surface area contributed by atoms with Crippen molar-refractivity contribution < 1.29 is 9.78 Å². The summed E-state index contributed by atoms with van der Waals surface area (Å²) < 4.78 is 0. The first kappa shape index (κ1) is 21.5. The zero-order chi connectivity index (χ0) is 22.8.